The van der Waals surface area contributed by atoms with Gasteiger partial charge in [0.05, 0.1) is 16.8 Å². The molecule has 0 amide bonds. The second kappa shape index (κ2) is 6.20. The van der Waals surface area contributed by atoms with E-state index in [4.69, 9.17) is 0 Å². The Balaban J connectivity index is 2.33. The minimum absolute atomic E-state index is 0.224. The van der Waals surface area contributed by atoms with E-state index in [0.29, 0.717) is 6.54 Å². The minimum atomic E-state index is -0.239. The van der Waals surface area contributed by atoms with Gasteiger partial charge >= 0.3 is 0 Å². The molecule has 0 spiro atoms. The average Bonchev–Trinajstić information content (AvgIpc) is 2.62. The molecular weight excluding hydrogens is 208 g/mol. The zero-order chi connectivity index (χ0) is 11.3. The summed E-state index contributed by atoms with van der Waals surface area (Å²) in [7, 11) is 0. The van der Waals surface area contributed by atoms with Crippen molar-refractivity contribution in [1.29, 1.82) is 0 Å². The van der Waals surface area contributed by atoms with Gasteiger partial charge in [-0.2, -0.15) is 0 Å². The van der Waals surface area contributed by atoms with E-state index in [1.807, 2.05) is 6.92 Å². The van der Waals surface area contributed by atoms with Crippen LogP contribution in [-0.4, -0.2) is 22.7 Å². The number of nitrogens with zero attached hydrogens (tertiary/aromatic N) is 1. The van der Waals surface area contributed by atoms with Crippen molar-refractivity contribution in [3.8, 4) is 0 Å². The van der Waals surface area contributed by atoms with Crippen LogP contribution in [-0.2, 0) is 0 Å². The molecule has 86 valence electrons. The Morgan fingerprint density at radius 3 is 2.87 bits per heavy atom. The van der Waals surface area contributed by atoms with Crippen molar-refractivity contribution in [3.63, 3.8) is 0 Å². The molecule has 3 nitrogen and oxygen atoms in total. The van der Waals surface area contributed by atoms with Crippen LogP contribution in [0.3, 0.4) is 0 Å². The molecular formula is C11H20N2OS. The van der Waals surface area contributed by atoms with Crippen LogP contribution >= 0.6 is 11.3 Å². The quantitative estimate of drug-likeness (QED) is 0.785. The van der Waals surface area contributed by atoms with Gasteiger partial charge in [-0.3, -0.25) is 0 Å². The van der Waals surface area contributed by atoms with Gasteiger partial charge in [0.15, 0.2) is 0 Å². The number of aryl methyl sites for hydroxylation is 1. The fraction of sp³-hybridized carbons (Fsp3) is 0.727. The number of hydrogen-bond donors (Lipinski definition) is 2. The molecule has 0 aromatic carbocycles. The Kier molecular flexibility index (Phi) is 5.22. The summed E-state index contributed by atoms with van der Waals surface area (Å²) in [6.07, 6.45) is 1.64. The molecule has 2 N–H and O–H groups in total. The first-order valence-electron chi connectivity index (χ1n) is 5.47. The molecule has 0 bridgehead atoms. The third kappa shape index (κ3) is 4.28. The molecule has 0 aliphatic carbocycles. The maximum absolute atomic E-state index is 9.57. The van der Waals surface area contributed by atoms with Crippen LogP contribution in [0.2, 0.25) is 0 Å². The zero-order valence-corrected chi connectivity index (χ0v) is 10.5. The molecule has 0 saturated heterocycles. The van der Waals surface area contributed by atoms with Crippen molar-refractivity contribution < 1.29 is 5.11 Å². The van der Waals surface area contributed by atoms with Crippen LogP contribution in [0.1, 0.15) is 43.4 Å². The van der Waals surface area contributed by atoms with Crippen LogP contribution in [0.5, 0.6) is 0 Å². The van der Waals surface area contributed by atoms with E-state index in [0.717, 1.165) is 23.5 Å². The maximum atomic E-state index is 9.57. The third-order valence-electron chi connectivity index (χ3n) is 2.36. The monoisotopic (exact) mass is 228 g/mol. The van der Waals surface area contributed by atoms with E-state index in [2.05, 4.69) is 29.5 Å². The van der Waals surface area contributed by atoms with Gasteiger partial charge < -0.3 is 10.4 Å². The van der Waals surface area contributed by atoms with E-state index >= 15 is 0 Å². The first kappa shape index (κ1) is 12.6. The highest BCUT2D eigenvalue weighted by Gasteiger charge is 2.10. The normalized spacial score (nSPS) is 15.2. The molecule has 1 aromatic heterocycles. The van der Waals surface area contributed by atoms with Gasteiger partial charge in [-0.1, -0.05) is 13.3 Å². The van der Waals surface area contributed by atoms with Crippen LogP contribution in [0, 0.1) is 6.92 Å². The molecule has 1 rings (SSSR count). The van der Waals surface area contributed by atoms with Gasteiger partial charge in [0.1, 0.15) is 0 Å². The molecule has 4 heteroatoms. The third-order valence-corrected chi connectivity index (χ3v) is 3.15. The summed E-state index contributed by atoms with van der Waals surface area (Å²) in [5.74, 6) is 0. The molecule has 2 atom stereocenters. The lowest BCUT2D eigenvalue weighted by Crippen LogP contribution is -2.29. The Labute approximate surface area is 95.6 Å². The van der Waals surface area contributed by atoms with Crippen molar-refractivity contribution in [2.45, 2.75) is 45.8 Å². The van der Waals surface area contributed by atoms with Crippen molar-refractivity contribution >= 4 is 11.3 Å². The Morgan fingerprint density at radius 1 is 1.60 bits per heavy atom. The first-order valence-corrected chi connectivity index (χ1v) is 6.35. The van der Waals surface area contributed by atoms with Crippen molar-refractivity contribution in [2.75, 3.05) is 6.54 Å². The fourth-order valence-electron chi connectivity index (χ4n) is 1.43. The summed E-state index contributed by atoms with van der Waals surface area (Å²) in [5.41, 5.74) is 1.07. The summed E-state index contributed by atoms with van der Waals surface area (Å²) >= 11 is 1.66. The first-order chi connectivity index (χ1) is 7.13. The van der Waals surface area contributed by atoms with Crippen LogP contribution < -0.4 is 5.32 Å². The summed E-state index contributed by atoms with van der Waals surface area (Å²) in [4.78, 5) is 4.41. The van der Waals surface area contributed by atoms with E-state index in [1.54, 1.807) is 11.3 Å². The Hall–Kier alpha value is -0.450. The number of aromatic nitrogens is 1. The number of aliphatic hydroxyl groups excluding tert-OH is 1. The lowest BCUT2D eigenvalue weighted by molar-refractivity contribution is 0.157. The maximum Gasteiger partial charge on any atom is 0.0898 e. The number of aliphatic hydroxyl groups is 1. The largest absolute Gasteiger partial charge is 0.392 e. The molecule has 0 radical (unpaired) electrons. The number of nitrogens with one attached hydrogen (secondary N) is 1. The topological polar surface area (TPSA) is 45.1 Å². The van der Waals surface area contributed by atoms with Gasteiger partial charge in [0, 0.05) is 18.0 Å². The van der Waals surface area contributed by atoms with Gasteiger partial charge in [0.2, 0.25) is 0 Å². The Morgan fingerprint density at radius 2 is 2.33 bits per heavy atom. The van der Waals surface area contributed by atoms with E-state index in [9.17, 15) is 5.11 Å². The van der Waals surface area contributed by atoms with Crippen molar-refractivity contribution in [2.24, 2.45) is 0 Å². The van der Waals surface area contributed by atoms with Crippen molar-refractivity contribution in [1.82, 2.24) is 10.3 Å². The second-order valence-electron chi connectivity index (χ2n) is 3.86. The van der Waals surface area contributed by atoms with Gasteiger partial charge in [-0.25, -0.2) is 4.98 Å². The number of hydrogen-bond acceptors (Lipinski definition) is 4. The molecule has 1 heterocycles. The van der Waals surface area contributed by atoms with Gasteiger partial charge in [-0.15, -0.1) is 11.3 Å². The van der Waals surface area contributed by atoms with Gasteiger partial charge in [0.25, 0.3) is 0 Å². The molecule has 0 aliphatic rings. The summed E-state index contributed by atoms with van der Waals surface area (Å²) in [6.45, 7) is 6.81. The minimum Gasteiger partial charge on any atom is -0.392 e. The number of thiazole rings is 1. The smallest absolute Gasteiger partial charge is 0.0898 e. The average molecular weight is 228 g/mol. The zero-order valence-electron chi connectivity index (χ0n) is 9.66. The standard InChI is InChI=1S/C11H20N2OS/c1-4-5-10(14)6-12-8(2)11-7-15-9(3)13-11/h7-8,10,12,14H,4-6H2,1-3H3. The summed E-state index contributed by atoms with van der Waals surface area (Å²) in [5, 5.41) is 16.0. The predicted octanol–water partition coefficient (Wildman–Crippen LogP) is 2.26. The van der Waals surface area contributed by atoms with Crippen LogP contribution in [0.15, 0.2) is 5.38 Å². The molecule has 0 fully saturated rings. The summed E-state index contributed by atoms with van der Waals surface area (Å²) in [6, 6.07) is 0.224. The van der Waals surface area contributed by atoms with E-state index in [1.165, 1.54) is 0 Å². The Bertz CT molecular complexity index is 288. The second-order valence-corrected chi connectivity index (χ2v) is 4.93. The van der Waals surface area contributed by atoms with Crippen molar-refractivity contribution in [3.05, 3.63) is 16.1 Å². The predicted molar refractivity (Wildman–Crippen MR) is 64.2 cm³/mol. The number of rotatable bonds is 6. The molecule has 2 unspecified atom stereocenters. The molecule has 1 aromatic rings. The lowest BCUT2D eigenvalue weighted by atomic mass is 10.2. The van der Waals surface area contributed by atoms with Crippen LogP contribution in [0.4, 0.5) is 0 Å². The lowest BCUT2D eigenvalue weighted by Gasteiger charge is -2.15. The molecule has 0 saturated carbocycles. The highest BCUT2D eigenvalue weighted by Crippen LogP contribution is 2.15. The highest BCUT2D eigenvalue weighted by molar-refractivity contribution is 7.09. The highest BCUT2D eigenvalue weighted by atomic mass is 32.1. The van der Waals surface area contributed by atoms with E-state index in [-0.39, 0.29) is 12.1 Å². The van der Waals surface area contributed by atoms with Gasteiger partial charge in [-0.05, 0) is 20.3 Å². The SMILES string of the molecule is CCCC(O)CNC(C)c1csc(C)n1. The van der Waals surface area contributed by atoms with Crippen LogP contribution in [0.25, 0.3) is 0 Å². The van der Waals surface area contributed by atoms with E-state index < -0.39 is 0 Å². The molecule has 0 aliphatic heterocycles. The fourth-order valence-corrected chi connectivity index (χ4v) is 2.14. The molecule has 15 heavy (non-hydrogen) atoms. The summed E-state index contributed by atoms with van der Waals surface area (Å²) < 4.78 is 0.